The van der Waals surface area contributed by atoms with Gasteiger partial charge in [0.15, 0.2) is 0 Å². The number of hydrogen-bond donors (Lipinski definition) is 1. The lowest BCUT2D eigenvalue weighted by atomic mass is 10.1. The molecule has 0 amide bonds. The first-order valence-electron chi connectivity index (χ1n) is 6.87. The minimum atomic E-state index is 0.777. The number of rotatable bonds is 4. The topological polar surface area (TPSA) is 42.7 Å². The molecule has 0 aliphatic heterocycles. The average molecular weight is 298 g/mol. The molecular formula is C16H18N4S. The smallest absolute Gasteiger partial charge is 0.0901 e. The molecule has 0 aliphatic rings. The molecular weight excluding hydrogens is 280 g/mol. The number of aryl methyl sites for hydroxylation is 2. The zero-order valence-corrected chi connectivity index (χ0v) is 13.2. The maximum absolute atomic E-state index is 4.54. The number of nitrogens with zero attached hydrogens (tertiary/aromatic N) is 3. The molecule has 21 heavy (non-hydrogen) atoms. The molecule has 0 unspecified atom stereocenters. The first-order valence-corrected chi connectivity index (χ1v) is 7.75. The Morgan fingerprint density at radius 2 is 2.14 bits per heavy atom. The summed E-state index contributed by atoms with van der Waals surface area (Å²) in [6.45, 7) is 4.89. The first kappa shape index (κ1) is 13.8. The Morgan fingerprint density at radius 3 is 2.81 bits per heavy atom. The highest BCUT2D eigenvalue weighted by atomic mass is 32.1. The van der Waals surface area contributed by atoms with Crippen LogP contribution in [0.2, 0.25) is 0 Å². The van der Waals surface area contributed by atoms with Gasteiger partial charge in [0, 0.05) is 41.5 Å². The second-order valence-corrected chi connectivity index (χ2v) is 6.13. The molecule has 0 saturated carbocycles. The van der Waals surface area contributed by atoms with Gasteiger partial charge in [0.05, 0.1) is 16.9 Å². The van der Waals surface area contributed by atoms with Crippen molar-refractivity contribution in [1.29, 1.82) is 0 Å². The third kappa shape index (κ3) is 2.97. The van der Waals surface area contributed by atoms with Gasteiger partial charge in [-0.2, -0.15) is 5.10 Å². The van der Waals surface area contributed by atoms with Crippen molar-refractivity contribution in [1.82, 2.24) is 14.8 Å². The van der Waals surface area contributed by atoms with Gasteiger partial charge in [-0.15, -0.1) is 11.3 Å². The monoisotopic (exact) mass is 298 g/mol. The van der Waals surface area contributed by atoms with Crippen LogP contribution in [0.1, 0.15) is 16.3 Å². The fourth-order valence-corrected chi connectivity index (χ4v) is 2.82. The highest BCUT2D eigenvalue weighted by molar-refractivity contribution is 7.09. The summed E-state index contributed by atoms with van der Waals surface area (Å²) in [5.74, 6) is 0. The van der Waals surface area contributed by atoms with Crippen molar-refractivity contribution in [3.8, 4) is 11.3 Å². The summed E-state index contributed by atoms with van der Waals surface area (Å²) >= 11 is 1.68. The van der Waals surface area contributed by atoms with E-state index in [1.165, 1.54) is 11.3 Å². The summed E-state index contributed by atoms with van der Waals surface area (Å²) in [5, 5.41) is 10.9. The predicted octanol–water partition coefficient (Wildman–Crippen LogP) is 3.77. The van der Waals surface area contributed by atoms with Crippen LogP contribution in [0, 0.1) is 13.8 Å². The Balaban J connectivity index is 1.76. The average Bonchev–Trinajstić information content (AvgIpc) is 3.05. The summed E-state index contributed by atoms with van der Waals surface area (Å²) in [5.41, 5.74) is 5.69. The zero-order valence-electron chi connectivity index (χ0n) is 12.4. The van der Waals surface area contributed by atoms with E-state index in [2.05, 4.69) is 52.0 Å². The zero-order chi connectivity index (χ0) is 14.8. The third-order valence-corrected chi connectivity index (χ3v) is 4.37. The molecule has 0 atom stereocenters. The van der Waals surface area contributed by atoms with Crippen molar-refractivity contribution in [2.24, 2.45) is 7.05 Å². The summed E-state index contributed by atoms with van der Waals surface area (Å²) in [7, 11) is 1.96. The van der Waals surface area contributed by atoms with Gasteiger partial charge in [-0.25, -0.2) is 4.98 Å². The Hall–Kier alpha value is -2.14. The van der Waals surface area contributed by atoms with Gasteiger partial charge in [0.1, 0.15) is 0 Å². The Labute approximate surface area is 128 Å². The molecule has 4 nitrogen and oxygen atoms in total. The van der Waals surface area contributed by atoms with E-state index in [9.17, 15) is 0 Å². The van der Waals surface area contributed by atoms with Crippen LogP contribution in [0.15, 0.2) is 35.8 Å². The fourth-order valence-electron chi connectivity index (χ4n) is 2.20. The normalized spacial score (nSPS) is 10.8. The first-order chi connectivity index (χ1) is 10.1. The van der Waals surface area contributed by atoms with Crippen LogP contribution in [0.25, 0.3) is 11.3 Å². The molecule has 1 aromatic carbocycles. The minimum Gasteiger partial charge on any atom is -0.381 e. The molecule has 0 fully saturated rings. The molecule has 0 spiro atoms. The van der Waals surface area contributed by atoms with Crippen LogP contribution in [0.3, 0.4) is 0 Å². The number of aromatic nitrogens is 3. The van der Waals surface area contributed by atoms with E-state index in [-0.39, 0.29) is 0 Å². The van der Waals surface area contributed by atoms with Crippen LogP contribution in [0.4, 0.5) is 5.69 Å². The number of hydrogen-bond acceptors (Lipinski definition) is 4. The lowest BCUT2D eigenvalue weighted by Crippen LogP contribution is -2.01. The molecule has 3 rings (SSSR count). The van der Waals surface area contributed by atoms with Crippen molar-refractivity contribution in [3.05, 3.63) is 52.1 Å². The van der Waals surface area contributed by atoms with Gasteiger partial charge in [-0.3, -0.25) is 4.68 Å². The number of thiazole rings is 1. The summed E-state index contributed by atoms with van der Waals surface area (Å²) in [6, 6.07) is 8.37. The van der Waals surface area contributed by atoms with Crippen molar-refractivity contribution >= 4 is 17.0 Å². The lowest BCUT2D eigenvalue weighted by Gasteiger charge is -2.07. The quantitative estimate of drug-likeness (QED) is 0.797. The Bertz CT molecular complexity index is 757. The molecule has 108 valence electrons. The Morgan fingerprint density at radius 1 is 1.29 bits per heavy atom. The highest BCUT2D eigenvalue weighted by Crippen LogP contribution is 2.24. The summed E-state index contributed by atoms with van der Waals surface area (Å²) < 4.78 is 1.89. The van der Waals surface area contributed by atoms with Crippen LogP contribution in [-0.4, -0.2) is 14.8 Å². The molecule has 0 radical (unpaired) electrons. The van der Waals surface area contributed by atoms with E-state index in [0.29, 0.717) is 0 Å². The van der Waals surface area contributed by atoms with Crippen LogP contribution in [-0.2, 0) is 13.6 Å². The largest absolute Gasteiger partial charge is 0.381 e. The van der Waals surface area contributed by atoms with Gasteiger partial charge in [-0.05, 0) is 26.0 Å². The van der Waals surface area contributed by atoms with E-state index in [4.69, 9.17) is 0 Å². The van der Waals surface area contributed by atoms with Crippen LogP contribution >= 0.6 is 11.3 Å². The molecule has 0 bridgehead atoms. The molecule has 0 aliphatic carbocycles. The van der Waals surface area contributed by atoms with Crippen LogP contribution in [0.5, 0.6) is 0 Å². The standard InChI is InChI=1S/C16H18N4S/c1-11-14(9-18-20(11)3)8-17-15-6-4-5-13(7-15)16-10-21-12(2)19-16/h4-7,9-10,17H,8H2,1-3H3. The van der Waals surface area contributed by atoms with Crippen molar-refractivity contribution in [2.45, 2.75) is 20.4 Å². The van der Waals surface area contributed by atoms with Gasteiger partial charge < -0.3 is 5.32 Å². The highest BCUT2D eigenvalue weighted by Gasteiger charge is 2.05. The summed E-state index contributed by atoms with van der Waals surface area (Å²) in [4.78, 5) is 4.54. The van der Waals surface area contributed by atoms with Crippen molar-refractivity contribution < 1.29 is 0 Å². The molecule has 3 aromatic rings. The number of nitrogens with one attached hydrogen (secondary N) is 1. The van der Waals surface area contributed by atoms with E-state index in [1.54, 1.807) is 11.3 Å². The molecule has 1 N–H and O–H groups in total. The van der Waals surface area contributed by atoms with E-state index >= 15 is 0 Å². The molecule has 2 aromatic heterocycles. The van der Waals surface area contributed by atoms with E-state index in [1.807, 2.05) is 24.9 Å². The van der Waals surface area contributed by atoms with Crippen LogP contribution < -0.4 is 5.32 Å². The number of benzene rings is 1. The van der Waals surface area contributed by atoms with Gasteiger partial charge in [-0.1, -0.05) is 12.1 Å². The van der Waals surface area contributed by atoms with Crippen molar-refractivity contribution in [3.63, 3.8) is 0 Å². The maximum Gasteiger partial charge on any atom is 0.0901 e. The third-order valence-electron chi connectivity index (χ3n) is 3.60. The van der Waals surface area contributed by atoms with E-state index < -0.39 is 0 Å². The SMILES string of the molecule is Cc1nc(-c2cccc(NCc3cnn(C)c3C)c2)cs1. The van der Waals surface area contributed by atoms with Crippen molar-refractivity contribution in [2.75, 3.05) is 5.32 Å². The van der Waals surface area contributed by atoms with Gasteiger partial charge in [0.2, 0.25) is 0 Å². The predicted molar refractivity (Wildman–Crippen MR) is 87.6 cm³/mol. The fraction of sp³-hybridized carbons (Fsp3) is 0.250. The molecule has 0 saturated heterocycles. The lowest BCUT2D eigenvalue weighted by molar-refractivity contribution is 0.738. The molecule has 2 heterocycles. The number of anilines is 1. The van der Waals surface area contributed by atoms with Gasteiger partial charge >= 0.3 is 0 Å². The second-order valence-electron chi connectivity index (χ2n) is 5.06. The summed E-state index contributed by atoms with van der Waals surface area (Å²) in [6.07, 6.45) is 1.91. The molecule has 5 heteroatoms. The minimum absolute atomic E-state index is 0.777. The maximum atomic E-state index is 4.54. The second kappa shape index (κ2) is 5.69. The van der Waals surface area contributed by atoms with Gasteiger partial charge in [0.25, 0.3) is 0 Å². The van der Waals surface area contributed by atoms with E-state index in [0.717, 1.165) is 28.5 Å². The Kier molecular flexibility index (Phi) is 3.75.